The molecule has 0 aliphatic carbocycles. The summed E-state index contributed by atoms with van der Waals surface area (Å²) < 4.78 is 7.05. The average molecular weight is 438 g/mol. The third kappa shape index (κ3) is 6.54. The van der Waals surface area contributed by atoms with Crippen LogP contribution in [0.5, 0.6) is 5.75 Å². The quantitative estimate of drug-likeness (QED) is 0.442. The van der Waals surface area contributed by atoms with Crippen LogP contribution in [-0.2, 0) is 17.8 Å². The minimum absolute atomic E-state index is 0. The van der Waals surface area contributed by atoms with Crippen LogP contribution in [0.15, 0.2) is 47.2 Å². The van der Waals surface area contributed by atoms with Crippen LogP contribution in [0.25, 0.3) is 11.3 Å². The molecule has 0 fully saturated rings. The van der Waals surface area contributed by atoms with E-state index in [4.69, 9.17) is 4.52 Å². The number of aryl methyl sites for hydroxylation is 2. The van der Waals surface area contributed by atoms with Gasteiger partial charge in [-0.15, -0.1) is 0 Å². The first kappa shape index (κ1) is 24.4. The van der Waals surface area contributed by atoms with E-state index in [-0.39, 0.29) is 75.0 Å². The Morgan fingerprint density at radius 3 is 2.60 bits per heavy atom. The standard InChI is InChI=1S/C21H23N3O5.K.H/c1-2-3-10-24-12-17(21(27)28)19(13-24)22-20(26)9-8-16-11-18(23-29-16)14-4-6-15(25)7-5-14;;/h4-7,11-13,25H,2-3,8-10H2,1H3,(H,22,26)(H,27,28);;. The van der Waals surface area contributed by atoms with E-state index in [1.807, 2.05) is 0 Å². The number of hydrogen-bond donors (Lipinski definition) is 3. The Morgan fingerprint density at radius 1 is 1.20 bits per heavy atom. The van der Waals surface area contributed by atoms with E-state index >= 15 is 0 Å². The first-order valence-electron chi connectivity index (χ1n) is 9.44. The summed E-state index contributed by atoms with van der Waals surface area (Å²) in [6, 6.07) is 8.30. The number of phenols is 1. The number of amides is 1. The van der Waals surface area contributed by atoms with Crippen molar-refractivity contribution in [1.29, 1.82) is 0 Å². The van der Waals surface area contributed by atoms with Gasteiger partial charge < -0.3 is 24.6 Å². The van der Waals surface area contributed by atoms with Crippen LogP contribution in [0.3, 0.4) is 0 Å². The zero-order valence-corrected chi connectivity index (χ0v) is 16.1. The number of phenolic OH excluding ortho intramolecular Hbond substituents is 1. The van der Waals surface area contributed by atoms with Gasteiger partial charge in [-0.2, -0.15) is 0 Å². The van der Waals surface area contributed by atoms with Crippen LogP contribution in [0.2, 0.25) is 0 Å². The number of carbonyl (C=O) groups is 2. The summed E-state index contributed by atoms with van der Waals surface area (Å²) in [6.45, 7) is 2.76. The molecule has 3 N–H and O–H groups in total. The number of carboxylic acid groups (broad SMARTS) is 1. The van der Waals surface area contributed by atoms with Gasteiger partial charge in [0.05, 0.1) is 5.69 Å². The minimum atomic E-state index is -1.08. The molecular weight excluding hydrogens is 413 g/mol. The van der Waals surface area contributed by atoms with Crippen molar-refractivity contribution in [2.75, 3.05) is 5.32 Å². The van der Waals surface area contributed by atoms with Crippen molar-refractivity contribution in [2.24, 2.45) is 0 Å². The van der Waals surface area contributed by atoms with Gasteiger partial charge in [0.1, 0.15) is 22.8 Å². The molecule has 2 aromatic heterocycles. The molecule has 3 aromatic rings. The van der Waals surface area contributed by atoms with Gasteiger partial charge in [0.2, 0.25) is 5.91 Å². The van der Waals surface area contributed by atoms with Gasteiger partial charge in [0, 0.05) is 43.4 Å². The number of carboxylic acids is 1. The van der Waals surface area contributed by atoms with Crippen LogP contribution in [0.1, 0.15) is 42.3 Å². The van der Waals surface area contributed by atoms with Crippen LogP contribution in [0.4, 0.5) is 5.69 Å². The molecule has 30 heavy (non-hydrogen) atoms. The van der Waals surface area contributed by atoms with E-state index in [0.717, 1.165) is 18.4 Å². The number of nitrogens with one attached hydrogen (secondary N) is 1. The Kier molecular flexibility index (Phi) is 9.31. The summed E-state index contributed by atoms with van der Waals surface area (Å²) in [5.41, 5.74) is 1.77. The van der Waals surface area contributed by atoms with E-state index < -0.39 is 5.97 Å². The van der Waals surface area contributed by atoms with Gasteiger partial charge in [0.15, 0.2) is 0 Å². The number of benzene rings is 1. The van der Waals surface area contributed by atoms with Crippen molar-refractivity contribution in [3.63, 3.8) is 0 Å². The molecule has 2 heterocycles. The normalized spacial score (nSPS) is 10.4. The molecule has 0 unspecified atom stereocenters. The molecule has 154 valence electrons. The van der Waals surface area contributed by atoms with Crippen molar-refractivity contribution < 1.29 is 24.3 Å². The number of nitrogens with zero attached hydrogens (tertiary/aromatic N) is 2. The number of hydrogen-bond acceptors (Lipinski definition) is 5. The number of unbranched alkanes of at least 4 members (excludes halogenated alkanes) is 1. The zero-order valence-electron chi connectivity index (χ0n) is 16.1. The average Bonchev–Trinajstić information content (AvgIpc) is 3.32. The molecule has 0 spiro atoms. The fourth-order valence-corrected chi connectivity index (χ4v) is 2.90. The molecule has 9 heteroatoms. The summed E-state index contributed by atoms with van der Waals surface area (Å²) in [6.07, 6.45) is 5.56. The second-order valence-corrected chi connectivity index (χ2v) is 6.76. The fourth-order valence-electron chi connectivity index (χ4n) is 2.90. The summed E-state index contributed by atoms with van der Waals surface area (Å²) in [7, 11) is 0. The van der Waals surface area contributed by atoms with Gasteiger partial charge in [-0.1, -0.05) is 18.5 Å². The van der Waals surface area contributed by atoms with Gasteiger partial charge in [0.25, 0.3) is 0 Å². The maximum atomic E-state index is 12.3. The van der Waals surface area contributed by atoms with Gasteiger partial charge in [-0.3, -0.25) is 4.79 Å². The summed E-state index contributed by atoms with van der Waals surface area (Å²) >= 11 is 0. The molecule has 3 rings (SSSR count). The number of rotatable bonds is 9. The number of anilines is 1. The molecule has 0 aliphatic heterocycles. The maximum absolute atomic E-state index is 12.3. The monoisotopic (exact) mass is 437 g/mol. The first-order valence-corrected chi connectivity index (χ1v) is 9.44. The second-order valence-electron chi connectivity index (χ2n) is 6.76. The molecule has 0 bridgehead atoms. The number of aromatic nitrogens is 2. The third-order valence-corrected chi connectivity index (χ3v) is 4.47. The topological polar surface area (TPSA) is 118 Å². The zero-order chi connectivity index (χ0) is 20.8. The number of carbonyl (C=O) groups excluding carboxylic acids is 1. The van der Waals surface area contributed by atoms with E-state index in [2.05, 4.69) is 17.4 Å². The molecule has 8 nitrogen and oxygen atoms in total. The van der Waals surface area contributed by atoms with Gasteiger partial charge in [-0.05, 0) is 30.7 Å². The fraction of sp³-hybridized carbons (Fsp3) is 0.286. The predicted octanol–water partition coefficient (Wildman–Crippen LogP) is 3.27. The van der Waals surface area contributed by atoms with Crippen molar-refractivity contribution in [3.8, 4) is 17.0 Å². The van der Waals surface area contributed by atoms with Crippen LogP contribution >= 0.6 is 0 Å². The Balaban J connectivity index is 0.00000320. The summed E-state index contributed by atoms with van der Waals surface area (Å²) in [5, 5.41) is 25.3. The van der Waals surface area contributed by atoms with Crippen molar-refractivity contribution in [2.45, 2.75) is 39.2 Å². The van der Waals surface area contributed by atoms with Crippen LogP contribution in [-0.4, -0.2) is 83.2 Å². The third-order valence-electron chi connectivity index (χ3n) is 4.47. The molecule has 0 aliphatic rings. The van der Waals surface area contributed by atoms with Crippen LogP contribution < -0.4 is 5.32 Å². The first-order chi connectivity index (χ1) is 14.0. The predicted molar refractivity (Wildman–Crippen MR) is 114 cm³/mol. The van der Waals surface area contributed by atoms with Crippen molar-refractivity contribution in [1.82, 2.24) is 9.72 Å². The summed E-state index contributed by atoms with van der Waals surface area (Å²) in [5.74, 6) is -0.673. The van der Waals surface area contributed by atoms with E-state index in [1.54, 1.807) is 41.1 Å². The Hall–Kier alpha value is -1.91. The molecule has 0 atom stereocenters. The summed E-state index contributed by atoms with van der Waals surface area (Å²) in [4.78, 5) is 23.7. The van der Waals surface area contributed by atoms with Gasteiger partial charge in [-0.25, -0.2) is 4.79 Å². The molecule has 0 saturated heterocycles. The molecule has 0 saturated carbocycles. The Morgan fingerprint density at radius 2 is 1.93 bits per heavy atom. The number of aromatic carboxylic acids is 1. The molecule has 0 radical (unpaired) electrons. The Labute approximate surface area is 216 Å². The van der Waals surface area contributed by atoms with E-state index in [9.17, 15) is 19.8 Å². The van der Waals surface area contributed by atoms with Gasteiger partial charge >= 0.3 is 57.4 Å². The SMILES string of the molecule is CCCCn1cc(NC(=O)CCc2cc(-c3ccc(O)cc3)no2)c(C(=O)O)c1.[KH]. The second kappa shape index (κ2) is 11.5. The molecular formula is C21H24KN3O5. The molecule has 1 amide bonds. The van der Waals surface area contributed by atoms with E-state index in [0.29, 0.717) is 30.1 Å². The van der Waals surface area contributed by atoms with Crippen LogP contribution in [0, 0.1) is 0 Å². The van der Waals surface area contributed by atoms with Crippen molar-refractivity contribution >= 4 is 68.9 Å². The van der Waals surface area contributed by atoms with E-state index in [1.165, 1.54) is 6.20 Å². The Bertz CT molecular complexity index is 994. The van der Waals surface area contributed by atoms with Crippen molar-refractivity contribution in [3.05, 3.63) is 54.0 Å². The molecule has 1 aromatic carbocycles. The number of aromatic hydroxyl groups is 1.